The third-order valence-corrected chi connectivity index (χ3v) is 5.33. The summed E-state index contributed by atoms with van der Waals surface area (Å²) in [4.78, 5) is 29.3. The first-order chi connectivity index (χ1) is 13.7. The Hall–Kier alpha value is -3.05. The first kappa shape index (κ1) is 18.3. The molecule has 2 aromatic heterocycles. The number of amides is 3. The van der Waals surface area contributed by atoms with Crippen molar-refractivity contribution < 1.29 is 19.1 Å². The average molecular weight is 417 g/mol. The van der Waals surface area contributed by atoms with Crippen LogP contribution in [0, 0.1) is 0 Å². The first-order valence-electron chi connectivity index (χ1n) is 8.27. The number of ether oxygens (including phenoxy) is 2. The normalized spacial score (nSPS) is 12.4. The molecule has 3 amide bonds. The van der Waals surface area contributed by atoms with Crippen molar-refractivity contribution in [2.75, 3.05) is 24.3 Å². The molecule has 28 heavy (non-hydrogen) atoms. The molecule has 0 spiro atoms. The number of carbonyl (C=O) groups excluding carboxylic acids is 2. The summed E-state index contributed by atoms with van der Waals surface area (Å²) in [6.07, 6.45) is 0. The van der Waals surface area contributed by atoms with Gasteiger partial charge in [-0.2, -0.15) is 0 Å². The predicted molar refractivity (Wildman–Crippen MR) is 105 cm³/mol. The standard InChI is InChI=1S/C17H15N5O4S2/c23-14(9-28-17-20-15(21-22-17)13-2-1-7-27-13)19-16(24)18-10-3-4-11-12(8-10)26-6-5-25-11/h1-4,7-8H,5-6,9H2,(H,20,21,22)(H2,18,19,23,24). The van der Waals surface area contributed by atoms with Crippen LogP contribution in [0.1, 0.15) is 0 Å². The van der Waals surface area contributed by atoms with E-state index in [4.69, 9.17) is 9.47 Å². The van der Waals surface area contributed by atoms with Crippen LogP contribution in [0.25, 0.3) is 10.7 Å². The molecule has 3 N–H and O–H groups in total. The lowest BCUT2D eigenvalue weighted by Gasteiger charge is -2.19. The van der Waals surface area contributed by atoms with E-state index in [1.54, 1.807) is 18.2 Å². The van der Waals surface area contributed by atoms with Crippen LogP contribution in [0.4, 0.5) is 10.5 Å². The second-order valence-corrected chi connectivity index (χ2v) is 7.48. The van der Waals surface area contributed by atoms with Crippen LogP contribution < -0.4 is 20.1 Å². The molecule has 0 bridgehead atoms. The monoisotopic (exact) mass is 417 g/mol. The van der Waals surface area contributed by atoms with Gasteiger partial charge in [0.15, 0.2) is 17.3 Å². The molecule has 1 aliphatic heterocycles. The van der Waals surface area contributed by atoms with Gasteiger partial charge >= 0.3 is 6.03 Å². The number of aromatic nitrogens is 3. The molecule has 0 unspecified atom stereocenters. The Bertz CT molecular complexity index is 989. The van der Waals surface area contributed by atoms with E-state index in [-0.39, 0.29) is 5.75 Å². The maximum atomic E-state index is 12.0. The van der Waals surface area contributed by atoms with Crippen molar-refractivity contribution in [2.24, 2.45) is 0 Å². The molecule has 3 heterocycles. The fourth-order valence-corrected chi connectivity index (χ4v) is 3.67. The van der Waals surface area contributed by atoms with Gasteiger partial charge in [0.1, 0.15) is 13.2 Å². The number of thioether (sulfide) groups is 1. The highest BCUT2D eigenvalue weighted by Crippen LogP contribution is 2.32. The number of nitrogens with zero attached hydrogens (tertiary/aromatic N) is 2. The van der Waals surface area contributed by atoms with Crippen molar-refractivity contribution in [3.63, 3.8) is 0 Å². The number of fused-ring (bicyclic) bond motifs is 1. The van der Waals surface area contributed by atoms with E-state index in [0.717, 1.165) is 16.6 Å². The maximum Gasteiger partial charge on any atom is 0.325 e. The molecule has 1 aromatic carbocycles. The first-order valence-corrected chi connectivity index (χ1v) is 10.1. The Morgan fingerprint density at radius 3 is 2.89 bits per heavy atom. The average Bonchev–Trinajstić information content (AvgIpc) is 3.38. The number of aromatic amines is 1. The van der Waals surface area contributed by atoms with Crippen LogP contribution in [0.15, 0.2) is 40.9 Å². The van der Waals surface area contributed by atoms with Gasteiger partial charge in [-0.1, -0.05) is 17.8 Å². The molecular formula is C17H15N5O4S2. The second-order valence-electron chi connectivity index (χ2n) is 5.59. The molecule has 9 nitrogen and oxygen atoms in total. The van der Waals surface area contributed by atoms with Crippen LogP contribution in [0.3, 0.4) is 0 Å². The Balaban J connectivity index is 1.26. The van der Waals surface area contributed by atoms with Gasteiger partial charge in [0, 0.05) is 11.8 Å². The van der Waals surface area contributed by atoms with Crippen LogP contribution in [-0.4, -0.2) is 46.1 Å². The van der Waals surface area contributed by atoms with Crippen molar-refractivity contribution in [3.05, 3.63) is 35.7 Å². The topological polar surface area (TPSA) is 118 Å². The maximum absolute atomic E-state index is 12.0. The van der Waals surface area contributed by atoms with Gasteiger partial charge in [-0.15, -0.1) is 16.4 Å². The number of imide groups is 1. The summed E-state index contributed by atoms with van der Waals surface area (Å²) >= 11 is 2.68. The highest BCUT2D eigenvalue weighted by atomic mass is 32.2. The minimum atomic E-state index is -0.628. The third kappa shape index (κ3) is 4.43. The second kappa shape index (κ2) is 8.31. The zero-order valence-corrected chi connectivity index (χ0v) is 16.1. The number of hydrogen-bond donors (Lipinski definition) is 3. The van der Waals surface area contributed by atoms with Crippen molar-refractivity contribution in [2.45, 2.75) is 5.16 Å². The lowest BCUT2D eigenvalue weighted by Crippen LogP contribution is -2.35. The smallest absolute Gasteiger partial charge is 0.325 e. The molecule has 11 heteroatoms. The summed E-state index contributed by atoms with van der Waals surface area (Å²) < 4.78 is 10.9. The van der Waals surface area contributed by atoms with Gasteiger partial charge in [0.25, 0.3) is 0 Å². The van der Waals surface area contributed by atoms with Crippen LogP contribution in [-0.2, 0) is 4.79 Å². The summed E-state index contributed by atoms with van der Waals surface area (Å²) in [5.74, 6) is 1.38. The molecule has 144 valence electrons. The van der Waals surface area contributed by atoms with Gasteiger partial charge in [0.05, 0.1) is 10.6 Å². The fourth-order valence-electron chi connectivity index (χ4n) is 2.41. The molecular weight excluding hydrogens is 402 g/mol. The van der Waals surface area contributed by atoms with Gasteiger partial charge in [-0.3, -0.25) is 15.2 Å². The molecule has 0 atom stereocenters. The van der Waals surface area contributed by atoms with E-state index in [0.29, 0.717) is 41.4 Å². The van der Waals surface area contributed by atoms with Gasteiger partial charge in [0.2, 0.25) is 11.1 Å². The van der Waals surface area contributed by atoms with Crippen LogP contribution in [0.2, 0.25) is 0 Å². The highest BCUT2D eigenvalue weighted by molar-refractivity contribution is 7.99. The summed E-state index contributed by atoms with van der Waals surface area (Å²) in [7, 11) is 0. The molecule has 0 saturated carbocycles. The Kier molecular flexibility index (Phi) is 5.44. The number of urea groups is 1. The van der Waals surface area contributed by atoms with Crippen molar-refractivity contribution in [1.29, 1.82) is 0 Å². The van der Waals surface area contributed by atoms with E-state index in [1.165, 1.54) is 11.3 Å². The van der Waals surface area contributed by atoms with Crippen LogP contribution >= 0.6 is 23.1 Å². The third-order valence-electron chi connectivity index (χ3n) is 3.60. The summed E-state index contributed by atoms with van der Waals surface area (Å²) in [5, 5.41) is 14.1. The zero-order chi connectivity index (χ0) is 19.3. The van der Waals surface area contributed by atoms with Crippen molar-refractivity contribution >= 4 is 40.7 Å². The number of carbonyl (C=O) groups is 2. The quantitative estimate of drug-likeness (QED) is 0.546. The van der Waals surface area contributed by atoms with Crippen LogP contribution in [0.5, 0.6) is 11.5 Å². The Morgan fingerprint density at radius 1 is 1.21 bits per heavy atom. The zero-order valence-electron chi connectivity index (χ0n) is 14.4. The number of benzene rings is 1. The van der Waals surface area contributed by atoms with E-state index < -0.39 is 11.9 Å². The molecule has 0 radical (unpaired) electrons. The number of hydrogen-bond acceptors (Lipinski definition) is 8. The lowest BCUT2D eigenvalue weighted by molar-refractivity contribution is -0.117. The largest absolute Gasteiger partial charge is 0.486 e. The Labute approximate surface area is 167 Å². The lowest BCUT2D eigenvalue weighted by atomic mass is 10.2. The highest BCUT2D eigenvalue weighted by Gasteiger charge is 2.15. The summed E-state index contributed by atoms with van der Waals surface area (Å²) in [6, 6.07) is 8.24. The molecule has 4 rings (SSSR count). The predicted octanol–water partition coefficient (Wildman–Crippen LogP) is 2.74. The van der Waals surface area contributed by atoms with E-state index in [1.807, 2.05) is 17.5 Å². The molecule has 3 aromatic rings. The molecule has 0 saturated heterocycles. The van der Waals surface area contributed by atoms with Gasteiger partial charge in [-0.05, 0) is 23.6 Å². The van der Waals surface area contributed by atoms with Crippen molar-refractivity contribution in [1.82, 2.24) is 20.5 Å². The summed E-state index contributed by atoms with van der Waals surface area (Å²) in [5.41, 5.74) is 0.497. The van der Waals surface area contributed by atoms with E-state index >= 15 is 0 Å². The fraction of sp³-hybridized carbons (Fsp3) is 0.176. The number of nitrogens with one attached hydrogen (secondary N) is 3. The SMILES string of the molecule is O=C(CSc1n[nH]c(-c2cccs2)n1)NC(=O)Nc1ccc2c(c1)OCCO2. The van der Waals surface area contributed by atoms with Gasteiger partial charge < -0.3 is 14.8 Å². The van der Waals surface area contributed by atoms with E-state index in [2.05, 4.69) is 25.8 Å². The number of rotatable bonds is 5. The number of thiophene rings is 1. The summed E-state index contributed by atoms with van der Waals surface area (Å²) in [6.45, 7) is 0.944. The minimum Gasteiger partial charge on any atom is -0.486 e. The number of H-pyrrole nitrogens is 1. The molecule has 0 fully saturated rings. The van der Waals surface area contributed by atoms with E-state index in [9.17, 15) is 9.59 Å². The molecule has 1 aliphatic rings. The molecule has 0 aliphatic carbocycles. The Morgan fingerprint density at radius 2 is 2.07 bits per heavy atom. The van der Waals surface area contributed by atoms with Crippen molar-refractivity contribution in [3.8, 4) is 22.2 Å². The minimum absolute atomic E-state index is 0.0102. The van der Waals surface area contributed by atoms with Gasteiger partial charge in [-0.25, -0.2) is 9.78 Å². The number of anilines is 1.